The largest absolute Gasteiger partial charge is 0.477 e. The van der Waals surface area contributed by atoms with E-state index in [1.807, 2.05) is 6.08 Å². The maximum Gasteiger partial charge on any atom is 0.364 e. The summed E-state index contributed by atoms with van der Waals surface area (Å²) in [4.78, 5) is 38.7. The van der Waals surface area contributed by atoms with Crippen LogP contribution >= 0.6 is 0 Å². The zero-order valence-electron chi connectivity index (χ0n) is 60.7. The van der Waals surface area contributed by atoms with E-state index in [0.717, 1.165) is 51.9 Å². The van der Waals surface area contributed by atoms with Crippen molar-refractivity contribution in [3.8, 4) is 0 Å². The molecule has 3 fully saturated rings. The number of carbonyl (C=O) groups is 3. The lowest BCUT2D eigenvalue weighted by Gasteiger charge is -2.50. The number of ether oxygens (including phenoxy) is 6. The minimum absolute atomic E-state index is 0.206. The molecule has 18 unspecified atom stereocenters. The summed E-state index contributed by atoms with van der Waals surface area (Å²) in [7, 11) is 0. The molecule has 0 aromatic rings. The van der Waals surface area contributed by atoms with Gasteiger partial charge in [0.05, 0.1) is 50.7 Å². The number of carboxylic acid groups (broad SMARTS) is 1. The molecule has 0 bridgehead atoms. The molecule has 14 N–H and O–H groups in total. The summed E-state index contributed by atoms with van der Waals surface area (Å²) >= 11 is 0. The number of nitrogens with one attached hydrogen (secondary N) is 2. The van der Waals surface area contributed by atoms with Gasteiger partial charge in [0.2, 0.25) is 11.8 Å². The van der Waals surface area contributed by atoms with Crippen molar-refractivity contribution >= 4 is 17.8 Å². The molecule has 18 atom stereocenters. The van der Waals surface area contributed by atoms with Crippen LogP contribution in [-0.2, 0) is 42.8 Å². The van der Waals surface area contributed by atoms with E-state index in [1.165, 1.54) is 218 Å². The van der Waals surface area contributed by atoms with Crippen molar-refractivity contribution in [2.45, 2.75) is 420 Å². The molecule has 3 heterocycles. The zero-order chi connectivity index (χ0) is 71.8. The Balaban J connectivity index is 1.55. The Bertz CT molecular complexity index is 2010. The van der Waals surface area contributed by atoms with E-state index in [-0.39, 0.29) is 12.3 Å². The summed E-state index contributed by atoms with van der Waals surface area (Å²) in [5.74, 6) is -6.13. The van der Waals surface area contributed by atoms with E-state index in [1.54, 1.807) is 6.08 Å². The van der Waals surface area contributed by atoms with Crippen LogP contribution in [0.4, 0.5) is 0 Å². The maximum absolute atomic E-state index is 13.5. The van der Waals surface area contributed by atoms with Crippen molar-refractivity contribution in [2.75, 3.05) is 26.4 Å². The van der Waals surface area contributed by atoms with E-state index < -0.39 is 155 Å². The minimum Gasteiger partial charge on any atom is -0.477 e. The third kappa shape index (κ3) is 35.8. The van der Waals surface area contributed by atoms with Crippen molar-refractivity contribution in [1.82, 2.24) is 10.6 Å². The van der Waals surface area contributed by atoms with Gasteiger partial charge in [-0.1, -0.05) is 283 Å². The lowest BCUT2D eigenvalue weighted by Crippen LogP contribution is -2.70. The van der Waals surface area contributed by atoms with Gasteiger partial charge in [-0.3, -0.25) is 9.59 Å². The molecule has 0 aliphatic carbocycles. The van der Waals surface area contributed by atoms with Gasteiger partial charge in [0.25, 0.3) is 5.79 Å². The second-order valence-electron chi connectivity index (χ2n) is 28.6. The Morgan fingerprint density at radius 2 is 0.949 bits per heavy atom. The van der Waals surface area contributed by atoms with Crippen LogP contribution in [0.2, 0.25) is 0 Å². The second-order valence-corrected chi connectivity index (χ2v) is 28.6. The number of carboxylic acids is 1. The predicted octanol–water partition coefficient (Wildman–Crippen LogP) is 9.41. The first-order valence-corrected chi connectivity index (χ1v) is 39.1. The molecule has 2 amide bonds. The third-order valence-electron chi connectivity index (χ3n) is 20.0. The van der Waals surface area contributed by atoms with Crippen LogP contribution in [0.1, 0.15) is 310 Å². The summed E-state index contributed by atoms with van der Waals surface area (Å²) in [5.41, 5.74) is 0. The molecular weight excluding hydrogens is 1260 g/mol. The first-order chi connectivity index (χ1) is 47.4. The Labute approximate surface area is 588 Å². The molecule has 3 aliphatic rings. The highest BCUT2D eigenvalue weighted by Crippen LogP contribution is 2.39. The number of aliphatic carboxylic acids is 1. The van der Waals surface area contributed by atoms with Crippen molar-refractivity contribution in [3.05, 3.63) is 12.2 Å². The van der Waals surface area contributed by atoms with Gasteiger partial charge in [-0.25, -0.2) is 4.79 Å². The van der Waals surface area contributed by atoms with Crippen LogP contribution in [0, 0.1) is 0 Å². The van der Waals surface area contributed by atoms with Gasteiger partial charge in [0, 0.05) is 19.8 Å². The van der Waals surface area contributed by atoms with Gasteiger partial charge in [-0.15, -0.1) is 0 Å². The first-order valence-electron chi connectivity index (χ1n) is 39.1. The van der Waals surface area contributed by atoms with Crippen molar-refractivity contribution in [2.24, 2.45) is 0 Å². The van der Waals surface area contributed by atoms with Crippen LogP contribution in [0.25, 0.3) is 0 Å². The molecule has 23 nitrogen and oxygen atoms in total. The standard InChI is InChI=1S/C75H140N2O21/c1-4-6-8-10-12-14-16-18-20-22-24-26-27-29-30-32-34-36-38-40-42-44-46-48-57(82)56(77-62(85)49-47-45-43-41-39-37-35-33-31-28-25-23-21-19-17-15-13-11-9-7-5-2)54-93-72-67(89)66(88)69(61(53-80)95-72)96-73-68(90)71(65(87)60(52-79)94-73)98-75(74(91)92)50-58(83)63(76-55(3)81)70(97-75)64(86)59(84)51-78/h46,48,56-61,63-73,78-80,82-84,86-90H,4-45,47,49-54H2,1-3H3,(H,76,81)(H,77,85)(H,91,92)/b48-46+. The Kier molecular flexibility index (Phi) is 50.4. The monoisotopic (exact) mass is 1400 g/mol. The summed E-state index contributed by atoms with van der Waals surface area (Å²) < 4.78 is 34.9. The normalized spacial score (nSPS) is 27.3. The number of hydrogen-bond donors (Lipinski definition) is 14. The molecule has 0 radical (unpaired) electrons. The minimum atomic E-state index is -3.08. The van der Waals surface area contributed by atoms with Crippen molar-refractivity contribution in [3.63, 3.8) is 0 Å². The van der Waals surface area contributed by atoms with Crippen LogP contribution < -0.4 is 10.6 Å². The van der Waals surface area contributed by atoms with Crippen molar-refractivity contribution < 1.29 is 104 Å². The number of aliphatic hydroxyl groups is 11. The smallest absolute Gasteiger partial charge is 0.364 e. The number of allylic oxidation sites excluding steroid dienone is 1. The first kappa shape index (κ1) is 89.7. The van der Waals surface area contributed by atoms with Gasteiger partial charge < -0.3 is 100 Å². The number of amides is 2. The molecule has 576 valence electrons. The number of unbranched alkanes of at least 4 members (excludes halogenated alkanes) is 41. The number of aliphatic hydroxyl groups excluding tert-OH is 11. The van der Waals surface area contributed by atoms with E-state index in [4.69, 9.17) is 28.4 Å². The summed E-state index contributed by atoms with van der Waals surface area (Å²) in [6.45, 7) is 2.19. The molecule has 0 saturated carbocycles. The summed E-state index contributed by atoms with van der Waals surface area (Å²) in [5, 5.41) is 136. The van der Waals surface area contributed by atoms with Gasteiger partial charge in [0.1, 0.15) is 67.1 Å². The fraction of sp³-hybridized carbons (Fsp3) is 0.933. The van der Waals surface area contributed by atoms with E-state index in [0.29, 0.717) is 12.8 Å². The highest BCUT2D eigenvalue weighted by atomic mass is 16.8. The van der Waals surface area contributed by atoms with Gasteiger partial charge >= 0.3 is 5.97 Å². The van der Waals surface area contributed by atoms with Gasteiger partial charge in [-0.05, 0) is 19.3 Å². The fourth-order valence-electron chi connectivity index (χ4n) is 13.8. The van der Waals surface area contributed by atoms with Gasteiger partial charge in [0.15, 0.2) is 12.6 Å². The van der Waals surface area contributed by atoms with E-state index >= 15 is 0 Å². The van der Waals surface area contributed by atoms with Crippen LogP contribution in [-0.4, -0.2) is 215 Å². The second kappa shape index (κ2) is 55.0. The van der Waals surface area contributed by atoms with E-state index in [9.17, 15) is 75.7 Å². The SMILES string of the molecule is CCCCCCCCCCCCCCCCCCCCCCC/C=C/C(O)C(COC1OC(CO)C(OC2OC(CO)C(O)C(OC3(C(=O)O)CC(O)C(NC(C)=O)C(C(O)C(O)CO)O3)C2O)C(O)C1O)NC(=O)CCCCCCCCCCCCCCCCCCCCCCC. The molecule has 98 heavy (non-hydrogen) atoms. The molecule has 3 saturated heterocycles. The van der Waals surface area contributed by atoms with Crippen LogP contribution in [0.5, 0.6) is 0 Å². The van der Waals surface area contributed by atoms with Crippen molar-refractivity contribution in [1.29, 1.82) is 0 Å². The molecule has 3 aliphatic heterocycles. The third-order valence-corrected chi connectivity index (χ3v) is 20.0. The maximum atomic E-state index is 13.5. The highest BCUT2D eigenvalue weighted by molar-refractivity contribution is 5.77. The van der Waals surface area contributed by atoms with Crippen LogP contribution in [0.3, 0.4) is 0 Å². The highest BCUT2D eigenvalue weighted by Gasteiger charge is 2.60. The topological polar surface area (TPSA) is 373 Å². The molecule has 0 spiro atoms. The number of rotatable bonds is 61. The molecule has 23 heteroatoms. The van der Waals surface area contributed by atoms with Crippen LogP contribution in [0.15, 0.2) is 12.2 Å². The predicted molar refractivity (Wildman–Crippen MR) is 375 cm³/mol. The lowest BCUT2D eigenvalue weighted by molar-refractivity contribution is -0.386. The lowest BCUT2D eigenvalue weighted by atomic mass is 9.88. The zero-order valence-corrected chi connectivity index (χ0v) is 60.7. The molecule has 0 aromatic heterocycles. The molecule has 0 aromatic carbocycles. The van der Waals surface area contributed by atoms with Gasteiger partial charge in [-0.2, -0.15) is 0 Å². The average Bonchev–Trinajstić information content (AvgIpc) is 0.756. The van der Waals surface area contributed by atoms with E-state index in [2.05, 4.69) is 24.5 Å². The summed E-state index contributed by atoms with van der Waals surface area (Å²) in [6.07, 6.45) is 28.1. The number of carbonyl (C=O) groups excluding carboxylic acids is 2. The Hall–Kier alpha value is -2.53. The fourth-order valence-corrected chi connectivity index (χ4v) is 13.8. The molecule has 3 rings (SSSR count). The Morgan fingerprint density at radius 1 is 0.531 bits per heavy atom. The Morgan fingerprint density at radius 3 is 1.36 bits per heavy atom. The quantitative estimate of drug-likeness (QED) is 0.0199. The average molecular weight is 1410 g/mol. The molecular formula is C75H140N2O21. The number of hydrogen-bond acceptors (Lipinski definition) is 20. The summed E-state index contributed by atoms with van der Waals surface area (Å²) in [6, 6.07) is -2.62.